The monoisotopic (exact) mass is 579 g/mol. The smallest absolute Gasteiger partial charge is 0.276 e. The van der Waals surface area contributed by atoms with Crippen LogP contribution in [0.1, 0.15) is 42.6 Å². The van der Waals surface area contributed by atoms with E-state index in [1.807, 2.05) is 97.9 Å². The minimum Gasteiger partial charge on any atom is -0.376 e. The molecule has 8 heteroatoms. The van der Waals surface area contributed by atoms with Gasteiger partial charge in [-0.05, 0) is 53.9 Å². The Morgan fingerprint density at radius 3 is 2.23 bits per heavy atom. The van der Waals surface area contributed by atoms with Crippen molar-refractivity contribution in [2.75, 3.05) is 18.5 Å². The number of anilines is 1. The zero-order valence-electron chi connectivity index (χ0n) is 24.5. The van der Waals surface area contributed by atoms with E-state index in [0.717, 1.165) is 16.3 Å². The Labute approximate surface area is 251 Å². The first-order valence-electron chi connectivity index (χ1n) is 14.6. The summed E-state index contributed by atoms with van der Waals surface area (Å²) >= 11 is 0. The Morgan fingerprint density at radius 2 is 1.53 bits per heavy atom. The topological polar surface area (TPSA) is 109 Å². The molecular formula is C35H37N3O5. The van der Waals surface area contributed by atoms with Gasteiger partial charge in [0.1, 0.15) is 5.60 Å². The zero-order valence-corrected chi connectivity index (χ0v) is 24.5. The largest absolute Gasteiger partial charge is 0.376 e. The van der Waals surface area contributed by atoms with E-state index in [1.165, 1.54) is 0 Å². The van der Waals surface area contributed by atoms with E-state index in [4.69, 9.17) is 9.47 Å². The second-order valence-electron chi connectivity index (χ2n) is 11.1. The fraction of sp³-hybridized carbons (Fsp3) is 0.286. The van der Waals surface area contributed by atoms with Crippen molar-refractivity contribution in [2.45, 2.75) is 44.6 Å². The van der Waals surface area contributed by atoms with Crippen molar-refractivity contribution < 1.29 is 23.9 Å². The highest BCUT2D eigenvalue weighted by molar-refractivity contribution is 6.02. The van der Waals surface area contributed by atoms with Crippen LogP contribution >= 0.6 is 0 Å². The van der Waals surface area contributed by atoms with E-state index < -0.39 is 23.1 Å². The van der Waals surface area contributed by atoms with Gasteiger partial charge in [-0.3, -0.25) is 14.4 Å². The molecule has 3 unspecified atom stereocenters. The zero-order chi connectivity index (χ0) is 30.3. The van der Waals surface area contributed by atoms with Crippen LogP contribution in [0.4, 0.5) is 5.69 Å². The molecule has 222 valence electrons. The van der Waals surface area contributed by atoms with Gasteiger partial charge in [-0.2, -0.15) is 0 Å². The number of benzene rings is 4. The summed E-state index contributed by atoms with van der Waals surface area (Å²) in [6, 6.07) is 32.2. The first-order chi connectivity index (χ1) is 20.8. The van der Waals surface area contributed by atoms with Gasteiger partial charge in [0.05, 0.1) is 13.2 Å². The molecule has 1 heterocycles. The molecular weight excluding hydrogens is 542 g/mol. The lowest BCUT2D eigenvalue weighted by Crippen LogP contribution is -2.54. The molecule has 0 saturated carbocycles. The molecule has 1 fully saturated rings. The van der Waals surface area contributed by atoms with Crippen LogP contribution in [0, 0.1) is 5.92 Å². The number of epoxide rings is 1. The highest BCUT2D eigenvalue weighted by Gasteiger charge is 2.72. The molecule has 0 spiro atoms. The number of carbonyl (C=O) groups is 3. The molecule has 1 aliphatic rings. The summed E-state index contributed by atoms with van der Waals surface area (Å²) in [5.41, 5.74) is -0.246. The van der Waals surface area contributed by atoms with Crippen molar-refractivity contribution in [3.63, 3.8) is 0 Å². The summed E-state index contributed by atoms with van der Waals surface area (Å²) in [4.78, 5) is 39.9. The Bertz CT molecular complexity index is 1580. The first-order valence-corrected chi connectivity index (χ1v) is 14.6. The standard InChI is InChI=1S/C35H37N3O5/c1-3-34(2)35(43-34,38-32(40)29-19-18-27-14-10-11-15-28(27)21-29)33(41)36-22-26(24-42-23-25-12-6-4-7-13-25)20-31(39)37-30-16-8-5-9-17-30/h4-19,21,26H,3,20,22-24H2,1-2H3,(H,36,41)(H,37,39)(H,38,40). The predicted molar refractivity (Wildman–Crippen MR) is 166 cm³/mol. The Morgan fingerprint density at radius 1 is 0.860 bits per heavy atom. The van der Waals surface area contributed by atoms with Gasteiger partial charge in [-0.1, -0.05) is 85.8 Å². The number of para-hydroxylation sites is 1. The molecule has 3 N–H and O–H groups in total. The molecule has 1 aliphatic heterocycles. The lowest BCUT2D eigenvalue weighted by Gasteiger charge is -2.21. The van der Waals surface area contributed by atoms with Crippen LogP contribution in [0.25, 0.3) is 10.8 Å². The van der Waals surface area contributed by atoms with Crippen molar-refractivity contribution >= 4 is 34.2 Å². The molecule has 4 aromatic rings. The third-order valence-corrected chi connectivity index (χ3v) is 7.93. The summed E-state index contributed by atoms with van der Waals surface area (Å²) in [6.07, 6.45) is 0.647. The predicted octanol–water partition coefficient (Wildman–Crippen LogP) is 5.44. The van der Waals surface area contributed by atoms with Gasteiger partial charge in [-0.25, -0.2) is 0 Å². The van der Waals surface area contributed by atoms with E-state index in [1.54, 1.807) is 19.1 Å². The molecule has 4 aromatic carbocycles. The quantitative estimate of drug-likeness (QED) is 0.183. The summed E-state index contributed by atoms with van der Waals surface area (Å²) in [6.45, 7) is 4.51. The van der Waals surface area contributed by atoms with E-state index >= 15 is 0 Å². The fourth-order valence-corrected chi connectivity index (χ4v) is 5.16. The number of rotatable bonds is 13. The molecule has 0 bridgehead atoms. The van der Waals surface area contributed by atoms with Crippen LogP contribution in [0.15, 0.2) is 103 Å². The number of carbonyl (C=O) groups excluding carboxylic acids is 3. The third kappa shape index (κ3) is 7.10. The molecule has 3 amide bonds. The van der Waals surface area contributed by atoms with E-state index in [-0.39, 0.29) is 31.4 Å². The van der Waals surface area contributed by atoms with E-state index in [2.05, 4.69) is 16.0 Å². The van der Waals surface area contributed by atoms with Crippen LogP contribution in [0.5, 0.6) is 0 Å². The lowest BCUT2D eigenvalue weighted by molar-refractivity contribution is -0.128. The van der Waals surface area contributed by atoms with Crippen LogP contribution < -0.4 is 16.0 Å². The van der Waals surface area contributed by atoms with Crippen LogP contribution in [0.3, 0.4) is 0 Å². The van der Waals surface area contributed by atoms with Gasteiger partial charge < -0.3 is 25.4 Å². The maximum absolute atomic E-state index is 13.7. The molecule has 8 nitrogen and oxygen atoms in total. The van der Waals surface area contributed by atoms with Gasteiger partial charge in [0, 0.05) is 30.1 Å². The summed E-state index contributed by atoms with van der Waals surface area (Å²) in [7, 11) is 0. The third-order valence-electron chi connectivity index (χ3n) is 7.93. The first kappa shape index (κ1) is 29.9. The van der Waals surface area contributed by atoms with Crippen molar-refractivity contribution in [1.82, 2.24) is 10.6 Å². The van der Waals surface area contributed by atoms with E-state index in [0.29, 0.717) is 24.3 Å². The van der Waals surface area contributed by atoms with E-state index in [9.17, 15) is 14.4 Å². The number of fused-ring (bicyclic) bond motifs is 1. The average molecular weight is 580 g/mol. The summed E-state index contributed by atoms with van der Waals surface area (Å²) < 4.78 is 11.9. The SMILES string of the molecule is CCC1(C)OC1(NC(=O)c1ccc2ccccc2c1)C(=O)NCC(COCc1ccccc1)CC(=O)Nc1ccccc1. The molecule has 0 aliphatic carbocycles. The second kappa shape index (κ2) is 13.2. The minimum absolute atomic E-state index is 0.131. The maximum atomic E-state index is 13.7. The average Bonchev–Trinajstić information content (AvgIpc) is 3.64. The molecule has 0 aromatic heterocycles. The second-order valence-corrected chi connectivity index (χ2v) is 11.1. The molecule has 1 saturated heterocycles. The Balaban J connectivity index is 1.25. The van der Waals surface area contributed by atoms with Crippen molar-refractivity contribution in [3.05, 3.63) is 114 Å². The van der Waals surface area contributed by atoms with Gasteiger partial charge in [0.15, 0.2) is 0 Å². The highest BCUT2D eigenvalue weighted by Crippen LogP contribution is 2.48. The summed E-state index contributed by atoms with van der Waals surface area (Å²) in [5, 5.41) is 10.7. The van der Waals surface area contributed by atoms with Crippen molar-refractivity contribution in [3.8, 4) is 0 Å². The molecule has 43 heavy (non-hydrogen) atoms. The van der Waals surface area contributed by atoms with Crippen LogP contribution in [-0.4, -0.2) is 42.2 Å². The van der Waals surface area contributed by atoms with Crippen LogP contribution in [0.2, 0.25) is 0 Å². The number of hydrogen-bond acceptors (Lipinski definition) is 5. The number of ether oxygens (including phenoxy) is 2. The van der Waals surface area contributed by atoms with Crippen molar-refractivity contribution in [1.29, 1.82) is 0 Å². The van der Waals surface area contributed by atoms with Gasteiger partial charge in [0.2, 0.25) is 5.91 Å². The molecule has 5 rings (SSSR count). The minimum atomic E-state index is -1.52. The molecule has 0 radical (unpaired) electrons. The number of amides is 3. The van der Waals surface area contributed by atoms with Gasteiger partial charge in [-0.15, -0.1) is 0 Å². The Kier molecular flexibility index (Phi) is 9.19. The summed E-state index contributed by atoms with van der Waals surface area (Å²) in [5.74, 6) is -1.36. The lowest BCUT2D eigenvalue weighted by atomic mass is 9.97. The fourth-order valence-electron chi connectivity index (χ4n) is 5.16. The number of nitrogens with one attached hydrogen (secondary N) is 3. The molecule has 3 atom stereocenters. The number of hydrogen-bond donors (Lipinski definition) is 3. The van der Waals surface area contributed by atoms with Gasteiger partial charge in [0.25, 0.3) is 17.5 Å². The van der Waals surface area contributed by atoms with Crippen LogP contribution in [-0.2, 0) is 25.7 Å². The normalized spacial score (nSPS) is 19.8. The van der Waals surface area contributed by atoms with Crippen molar-refractivity contribution in [2.24, 2.45) is 5.92 Å². The highest BCUT2D eigenvalue weighted by atomic mass is 16.7. The van der Waals surface area contributed by atoms with Gasteiger partial charge >= 0.3 is 0 Å². The Hall–Kier alpha value is -4.53. The maximum Gasteiger partial charge on any atom is 0.276 e.